The standard InChI is InChI=1S/C31H34F3N7O3S/c1-30(2,31(32,33)34)20-44-25-15-17-41(38-25)29-28-22-12-7-6-11-21(22)10-5-3-4-8-16-40(19-27(42)43)24-13-9-14-26(37-24)45-39-23(36-28)18-35-29/h6-7,9,11-15,17-18H,3-5,8,10,16,19-20H2,1-2H3,(H,36,39)(H,42,43). The van der Waals surface area contributed by atoms with E-state index in [0.29, 0.717) is 34.7 Å². The Balaban J connectivity index is 1.48. The molecule has 0 fully saturated rings. The number of hydrogen-bond acceptors (Lipinski definition) is 9. The molecule has 0 spiro atoms. The van der Waals surface area contributed by atoms with Crippen molar-refractivity contribution in [1.29, 1.82) is 0 Å². The highest BCUT2D eigenvalue weighted by atomic mass is 32.2. The fourth-order valence-electron chi connectivity index (χ4n) is 4.74. The number of nitrogens with one attached hydrogen (secondary N) is 1. The Morgan fingerprint density at radius 1 is 1.04 bits per heavy atom. The maximum Gasteiger partial charge on any atom is 0.397 e. The van der Waals surface area contributed by atoms with Gasteiger partial charge in [0.1, 0.15) is 29.7 Å². The molecule has 0 atom stereocenters. The molecular formula is C31H34F3N7O3S. The van der Waals surface area contributed by atoms with Gasteiger partial charge in [0.15, 0.2) is 11.6 Å². The van der Waals surface area contributed by atoms with Crippen molar-refractivity contribution in [2.45, 2.75) is 57.2 Å². The van der Waals surface area contributed by atoms with Gasteiger partial charge in [0.2, 0.25) is 5.88 Å². The topological polar surface area (TPSA) is 118 Å². The van der Waals surface area contributed by atoms with Crippen molar-refractivity contribution < 1.29 is 27.8 Å². The second-order valence-electron chi connectivity index (χ2n) is 11.4. The maximum atomic E-state index is 13.4. The summed E-state index contributed by atoms with van der Waals surface area (Å²) in [7, 11) is 0. The molecule has 10 nitrogen and oxygen atoms in total. The minimum atomic E-state index is -4.43. The predicted molar refractivity (Wildman–Crippen MR) is 166 cm³/mol. The van der Waals surface area contributed by atoms with Gasteiger partial charge < -0.3 is 19.5 Å². The van der Waals surface area contributed by atoms with Gasteiger partial charge in [0.05, 0.1) is 11.6 Å². The number of pyridine rings is 1. The summed E-state index contributed by atoms with van der Waals surface area (Å²) in [6.45, 7) is 2.01. The Hall–Kier alpha value is -4.33. The van der Waals surface area contributed by atoms with Gasteiger partial charge in [-0.3, -0.25) is 4.79 Å². The number of carbonyl (C=O) groups is 1. The van der Waals surface area contributed by atoms with Crippen molar-refractivity contribution in [3.05, 3.63) is 66.5 Å². The Morgan fingerprint density at radius 3 is 2.64 bits per heavy atom. The molecule has 4 aromatic rings. The van der Waals surface area contributed by atoms with Gasteiger partial charge in [-0.15, -0.1) is 5.10 Å². The minimum Gasteiger partial charge on any atom is -0.480 e. The van der Waals surface area contributed by atoms with Crippen LogP contribution < -0.4 is 14.4 Å². The molecule has 1 aliphatic heterocycles. The van der Waals surface area contributed by atoms with Crippen LogP contribution in [-0.2, 0) is 11.2 Å². The molecule has 238 valence electrons. The van der Waals surface area contributed by atoms with E-state index in [-0.39, 0.29) is 12.4 Å². The molecule has 2 N–H and O–H groups in total. The number of fused-ring (bicyclic) bond motifs is 6. The first-order valence-electron chi connectivity index (χ1n) is 14.6. The zero-order chi connectivity index (χ0) is 32.0. The molecule has 14 heteroatoms. The first-order valence-corrected chi connectivity index (χ1v) is 15.4. The maximum absolute atomic E-state index is 13.4. The zero-order valence-electron chi connectivity index (χ0n) is 24.9. The third-order valence-electron chi connectivity index (χ3n) is 7.40. The molecule has 0 saturated carbocycles. The fourth-order valence-corrected chi connectivity index (χ4v) is 5.33. The third kappa shape index (κ3) is 8.04. The molecule has 3 aromatic heterocycles. The van der Waals surface area contributed by atoms with Gasteiger partial charge in [0.25, 0.3) is 0 Å². The Bertz CT molecular complexity index is 1630. The lowest BCUT2D eigenvalue weighted by molar-refractivity contribution is -0.219. The Morgan fingerprint density at radius 2 is 1.84 bits per heavy atom. The van der Waals surface area contributed by atoms with Crippen molar-refractivity contribution in [3.8, 4) is 23.0 Å². The Labute approximate surface area is 263 Å². The SMILES string of the molecule is CC(C)(COc1ccn(-c2ncc3nc2-c2ccccc2CCCCCCN(CC(=O)O)c2cccc(n2)SN3)n1)C(F)(F)F. The van der Waals surface area contributed by atoms with Gasteiger partial charge >= 0.3 is 12.1 Å². The van der Waals surface area contributed by atoms with Gasteiger partial charge in [-0.25, -0.2) is 19.6 Å². The molecule has 1 aliphatic rings. The normalized spacial score (nSPS) is 14.6. The summed E-state index contributed by atoms with van der Waals surface area (Å²) in [5.74, 6) is 0.547. The van der Waals surface area contributed by atoms with Gasteiger partial charge in [-0.05, 0) is 50.8 Å². The molecule has 4 heterocycles. The highest BCUT2D eigenvalue weighted by Gasteiger charge is 2.48. The average Bonchev–Trinajstić information content (AvgIpc) is 3.48. The zero-order valence-corrected chi connectivity index (χ0v) is 25.7. The van der Waals surface area contributed by atoms with Crippen LogP contribution in [0.3, 0.4) is 0 Å². The number of hydrogen-bond donors (Lipinski definition) is 2. The molecular weight excluding hydrogens is 607 g/mol. The van der Waals surface area contributed by atoms with Crippen LogP contribution in [0.25, 0.3) is 17.1 Å². The van der Waals surface area contributed by atoms with Crippen molar-refractivity contribution >= 4 is 29.6 Å². The van der Waals surface area contributed by atoms with E-state index >= 15 is 0 Å². The summed E-state index contributed by atoms with van der Waals surface area (Å²) >= 11 is 1.22. The van der Waals surface area contributed by atoms with Gasteiger partial charge in [-0.1, -0.05) is 43.2 Å². The molecule has 1 aromatic carbocycles. The lowest BCUT2D eigenvalue weighted by Crippen LogP contribution is -2.37. The molecule has 0 aliphatic carbocycles. The molecule has 0 unspecified atom stereocenters. The number of ether oxygens (including phenoxy) is 1. The van der Waals surface area contributed by atoms with E-state index in [4.69, 9.17) is 9.72 Å². The number of nitrogens with zero attached hydrogens (tertiary/aromatic N) is 6. The molecule has 0 amide bonds. The quantitative estimate of drug-likeness (QED) is 0.217. The van der Waals surface area contributed by atoms with Crippen LogP contribution in [0.15, 0.2) is 66.0 Å². The second kappa shape index (κ2) is 13.8. The summed E-state index contributed by atoms with van der Waals surface area (Å²) in [5.41, 5.74) is 0.425. The largest absolute Gasteiger partial charge is 0.480 e. The van der Waals surface area contributed by atoms with E-state index < -0.39 is 24.2 Å². The number of aromatic nitrogens is 5. The van der Waals surface area contributed by atoms with Crippen molar-refractivity contribution in [3.63, 3.8) is 0 Å². The van der Waals surface area contributed by atoms with E-state index in [1.165, 1.54) is 28.9 Å². The van der Waals surface area contributed by atoms with Crippen LogP contribution in [-0.4, -0.2) is 61.7 Å². The number of alkyl halides is 3. The number of carboxylic acids is 1. The Kier molecular flexibility index (Phi) is 9.80. The summed E-state index contributed by atoms with van der Waals surface area (Å²) in [4.78, 5) is 27.6. The van der Waals surface area contributed by atoms with E-state index in [2.05, 4.69) is 19.8 Å². The number of anilines is 2. The highest BCUT2D eigenvalue weighted by Crippen LogP contribution is 2.38. The van der Waals surface area contributed by atoms with Gasteiger partial charge in [-0.2, -0.15) is 13.2 Å². The summed E-state index contributed by atoms with van der Waals surface area (Å²) in [5, 5.41) is 14.5. The number of rotatable bonds is 6. The van der Waals surface area contributed by atoms with Crippen molar-refractivity contribution in [2.24, 2.45) is 5.41 Å². The van der Waals surface area contributed by atoms with E-state index in [1.54, 1.807) is 17.2 Å². The summed E-state index contributed by atoms with van der Waals surface area (Å²) in [6.07, 6.45) is 3.10. The molecule has 5 rings (SSSR count). The first-order chi connectivity index (χ1) is 21.5. The van der Waals surface area contributed by atoms with E-state index in [1.807, 2.05) is 36.4 Å². The number of aryl methyl sites for hydroxylation is 1. The minimum absolute atomic E-state index is 0.0412. The van der Waals surface area contributed by atoms with E-state index in [9.17, 15) is 23.1 Å². The monoisotopic (exact) mass is 641 g/mol. The van der Waals surface area contributed by atoms with Crippen LogP contribution in [0, 0.1) is 5.41 Å². The van der Waals surface area contributed by atoms with Crippen LogP contribution in [0.4, 0.5) is 24.8 Å². The number of halogens is 3. The van der Waals surface area contributed by atoms with Gasteiger partial charge in [0, 0.05) is 36.3 Å². The smallest absolute Gasteiger partial charge is 0.397 e. The molecule has 4 bridgehead atoms. The number of benzene rings is 1. The van der Waals surface area contributed by atoms with Crippen molar-refractivity contribution in [1.82, 2.24) is 24.7 Å². The number of carboxylic acid groups (broad SMARTS) is 1. The van der Waals surface area contributed by atoms with Crippen molar-refractivity contribution in [2.75, 3.05) is 29.3 Å². The molecule has 0 radical (unpaired) electrons. The lowest BCUT2D eigenvalue weighted by atomic mass is 9.94. The first kappa shape index (κ1) is 32.1. The average molecular weight is 642 g/mol. The van der Waals surface area contributed by atoms with Crippen LogP contribution >= 0.6 is 11.9 Å². The summed E-state index contributed by atoms with van der Waals surface area (Å²) < 4.78 is 50.1. The highest BCUT2D eigenvalue weighted by molar-refractivity contribution is 8.00. The lowest BCUT2D eigenvalue weighted by Gasteiger charge is -2.26. The fraction of sp³-hybridized carbons (Fsp3) is 0.387. The third-order valence-corrected chi connectivity index (χ3v) is 8.15. The van der Waals surface area contributed by atoms with E-state index in [0.717, 1.165) is 57.1 Å². The predicted octanol–water partition coefficient (Wildman–Crippen LogP) is 6.82. The van der Waals surface area contributed by atoms with Crippen LogP contribution in [0.5, 0.6) is 5.88 Å². The molecule has 0 saturated heterocycles. The van der Waals surface area contributed by atoms with Crippen LogP contribution in [0.1, 0.15) is 45.1 Å². The summed E-state index contributed by atoms with van der Waals surface area (Å²) in [6, 6.07) is 14.9. The molecule has 45 heavy (non-hydrogen) atoms. The van der Waals surface area contributed by atoms with Crippen LogP contribution in [0.2, 0.25) is 0 Å². The second-order valence-corrected chi connectivity index (χ2v) is 12.2. The number of aliphatic carboxylic acids is 1.